The Kier molecular flexibility index (Phi) is 3.99. The molecule has 1 fully saturated rings. The number of rotatable bonds is 1. The van der Waals surface area contributed by atoms with E-state index < -0.39 is 10.8 Å². The predicted molar refractivity (Wildman–Crippen MR) is 112 cm³/mol. The molecule has 7 heteroatoms. The molecule has 6 nitrogen and oxygen atoms in total. The molecule has 0 bridgehead atoms. The number of carbonyl (C=O) groups is 1. The molecule has 1 aliphatic carbocycles. The zero-order valence-electron chi connectivity index (χ0n) is 16.0. The van der Waals surface area contributed by atoms with Gasteiger partial charge in [0, 0.05) is 29.7 Å². The molecular weight excluding hydrogens is 386 g/mol. The average molecular weight is 410 g/mol. The summed E-state index contributed by atoms with van der Waals surface area (Å²) in [7, 11) is -2.33. The maximum Gasteiger partial charge on any atom is 0.271 e. The van der Waals surface area contributed by atoms with Gasteiger partial charge in [-0.3, -0.25) is 8.98 Å². The number of fused-ring (bicyclic) bond motifs is 2. The first-order valence-corrected chi connectivity index (χ1v) is 11.6. The van der Waals surface area contributed by atoms with Crippen LogP contribution in [0.15, 0.2) is 53.6 Å². The first-order chi connectivity index (χ1) is 14.2. The third-order valence-corrected chi connectivity index (χ3v) is 8.35. The van der Waals surface area contributed by atoms with Crippen molar-refractivity contribution in [2.24, 2.45) is 0 Å². The number of amides is 1. The van der Waals surface area contributed by atoms with Gasteiger partial charge in [0.15, 0.2) is 0 Å². The van der Waals surface area contributed by atoms with Crippen LogP contribution in [0.2, 0.25) is 0 Å². The van der Waals surface area contributed by atoms with Gasteiger partial charge in [0.2, 0.25) is 0 Å². The number of nitrogens with zero attached hydrogens (tertiary/aromatic N) is 1. The zero-order valence-corrected chi connectivity index (χ0v) is 16.8. The largest absolute Gasteiger partial charge is 0.361 e. The van der Waals surface area contributed by atoms with Crippen LogP contribution in [0.25, 0.3) is 10.9 Å². The number of H-pyrrole nitrogens is 1. The molecule has 2 unspecified atom stereocenters. The van der Waals surface area contributed by atoms with E-state index in [1.165, 1.54) is 22.0 Å². The molecule has 1 amide bonds. The molecule has 1 aromatic heterocycles. The summed E-state index contributed by atoms with van der Waals surface area (Å²) in [5.74, 6) is -0.113. The number of hydroxylamine groups is 2. The van der Waals surface area contributed by atoms with Crippen LogP contribution in [0.1, 0.15) is 34.3 Å². The van der Waals surface area contributed by atoms with Gasteiger partial charge in [-0.15, -0.1) is 0 Å². The minimum absolute atomic E-state index is 0.113. The molecule has 1 spiro atoms. The van der Waals surface area contributed by atoms with Gasteiger partial charge in [0.25, 0.3) is 5.91 Å². The van der Waals surface area contributed by atoms with E-state index in [4.69, 9.17) is 8.47 Å². The molecule has 0 saturated carbocycles. The number of hydrogen-bond acceptors (Lipinski definition) is 4. The lowest BCUT2D eigenvalue weighted by molar-refractivity contribution is -0.101. The summed E-state index contributed by atoms with van der Waals surface area (Å²) < 4.78 is 15.9. The molecule has 0 radical (unpaired) electrons. The molecule has 150 valence electrons. The van der Waals surface area contributed by atoms with Crippen molar-refractivity contribution in [3.63, 3.8) is 0 Å². The van der Waals surface area contributed by atoms with E-state index in [2.05, 4.69) is 39.2 Å². The smallest absolute Gasteiger partial charge is 0.271 e. The molecule has 1 saturated heterocycles. The third kappa shape index (κ3) is 2.73. The fraction of sp³-hybridized carbons (Fsp3) is 0.318. The van der Waals surface area contributed by atoms with Crippen molar-refractivity contribution in [3.05, 3.63) is 65.4 Å². The van der Waals surface area contributed by atoms with Gasteiger partial charge in [-0.2, -0.15) is 9.35 Å². The lowest BCUT2D eigenvalue weighted by atomic mass is 9.89. The third-order valence-electron chi connectivity index (χ3n) is 6.06. The molecule has 3 heterocycles. The van der Waals surface area contributed by atoms with Crippen LogP contribution in [-0.2, 0) is 21.3 Å². The Hall–Kier alpha value is -2.32. The number of carbonyl (C=O) groups excluding carboxylic acids is 1. The van der Waals surface area contributed by atoms with Gasteiger partial charge in [0.1, 0.15) is 0 Å². The Morgan fingerprint density at radius 3 is 2.90 bits per heavy atom. The first-order valence-electron chi connectivity index (χ1n) is 10.2. The predicted octanol–water partition coefficient (Wildman–Crippen LogP) is 4.03. The molecule has 3 aliphatic rings. The Labute approximate surface area is 171 Å². The van der Waals surface area contributed by atoms with Crippen LogP contribution < -0.4 is 4.72 Å². The fourth-order valence-corrected chi connectivity index (χ4v) is 7.04. The summed E-state index contributed by atoms with van der Waals surface area (Å²) in [6, 6.07) is 14.3. The summed E-state index contributed by atoms with van der Waals surface area (Å²) in [5.41, 5.74) is 4.54. The van der Waals surface area contributed by atoms with Gasteiger partial charge in [0.05, 0.1) is 17.1 Å². The van der Waals surface area contributed by atoms with E-state index >= 15 is 0 Å². The molecule has 2 aliphatic heterocycles. The van der Waals surface area contributed by atoms with Crippen LogP contribution in [0.5, 0.6) is 0 Å². The highest BCUT2D eigenvalue weighted by Gasteiger charge is 2.42. The highest BCUT2D eigenvalue weighted by molar-refractivity contribution is 8.25. The number of aromatic nitrogens is 1. The molecule has 2 N–H and O–H groups in total. The summed E-state index contributed by atoms with van der Waals surface area (Å²) in [4.78, 5) is 16.8. The maximum atomic E-state index is 12.6. The van der Waals surface area contributed by atoms with Crippen molar-refractivity contribution in [1.29, 1.82) is 0 Å². The van der Waals surface area contributed by atoms with E-state index in [9.17, 15) is 4.79 Å². The van der Waals surface area contributed by atoms with Crippen LogP contribution in [0.3, 0.4) is 0 Å². The molecule has 29 heavy (non-hydrogen) atoms. The van der Waals surface area contributed by atoms with Gasteiger partial charge >= 0.3 is 0 Å². The van der Waals surface area contributed by atoms with Crippen molar-refractivity contribution in [1.82, 2.24) is 14.8 Å². The van der Waals surface area contributed by atoms with Gasteiger partial charge in [-0.1, -0.05) is 35.0 Å². The van der Waals surface area contributed by atoms with Crippen molar-refractivity contribution in [2.45, 2.75) is 36.6 Å². The van der Waals surface area contributed by atoms with Crippen LogP contribution in [0, 0.1) is 0 Å². The van der Waals surface area contributed by atoms with Gasteiger partial charge in [-0.05, 0) is 55.0 Å². The van der Waals surface area contributed by atoms with E-state index in [-0.39, 0.29) is 11.9 Å². The second-order valence-electron chi connectivity index (χ2n) is 7.89. The van der Waals surface area contributed by atoms with Gasteiger partial charge in [-0.25, -0.2) is 4.72 Å². The number of hydrogen-bond donors (Lipinski definition) is 2. The Morgan fingerprint density at radius 1 is 1.03 bits per heavy atom. The van der Waals surface area contributed by atoms with Crippen molar-refractivity contribution < 1.29 is 13.3 Å². The highest BCUT2D eigenvalue weighted by atomic mass is 32.3. The molecular formula is C22H23N3O3S. The molecule has 3 aromatic rings. The maximum absolute atomic E-state index is 12.6. The standard InChI is InChI=1S/C22H23N3O3S/c26-22-18-7-1-2-9-20(18)29(24-22)27-11-4-3-10-25(28-29)17-12-15-6-5-8-19-21(15)16(13-17)14-23-19/h1-2,5-9,14,17,23H,3-4,10-13H2,(H,24,26). The number of nitrogens with one attached hydrogen (secondary N) is 2. The number of benzene rings is 2. The highest BCUT2D eigenvalue weighted by Crippen LogP contribution is 2.60. The minimum atomic E-state index is -2.33. The Balaban J connectivity index is 1.36. The van der Waals surface area contributed by atoms with Crippen LogP contribution in [-0.4, -0.2) is 35.1 Å². The van der Waals surface area contributed by atoms with Crippen molar-refractivity contribution in [3.8, 4) is 0 Å². The van der Waals surface area contributed by atoms with Crippen molar-refractivity contribution in [2.75, 3.05) is 13.2 Å². The lowest BCUT2D eigenvalue weighted by Crippen LogP contribution is -2.44. The SMILES string of the molecule is O=C1NS2(OCCCCN(C3Cc4cccc5[nH]cc(c45)C3)O2)c2ccccc21. The van der Waals surface area contributed by atoms with E-state index in [0.29, 0.717) is 12.2 Å². The minimum Gasteiger partial charge on any atom is -0.361 e. The monoisotopic (exact) mass is 409 g/mol. The average Bonchev–Trinajstić information content (AvgIpc) is 3.26. The Bertz CT molecular complexity index is 1110. The van der Waals surface area contributed by atoms with E-state index in [1.807, 2.05) is 24.3 Å². The summed E-state index contributed by atoms with van der Waals surface area (Å²) in [6.45, 7) is 1.42. The fourth-order valence-electron chi connectivity index (χ4n) is 4.71. The summed E-state index contributed by atoms with van der Waals surface area (Å²) >= 11 is 0. The second kappa shape index (κ2) is 6.60. The molecule has 6 rings (SSSR count). The topological polar surface area (TPSA) is 66.6 Å². The van der Waals surface area contributed by atoms with Crippen molar-refractivity contribution >= 4 is 27.6 Å². The van der Waals surface area contributed by atoms with Gasteiger partial charge < -0.3 is 4.98 Å². The normalized spacial score (nSPS) is 29.1. The first kappa shape index (κ1) is 17.5. The van der Waals surface area contributed by atoms with Crippen LogP contribution >= 0.6 is 10.8 Å². The van der Waals surface area contributed by atoms with E-state index in [1.54, 1.807) is 0 Å². The quantitative estimate of drug-likeness (QED) is 0.637. The summed E-state index contributed by atoms with van der Waals surface area (Å²) in [6.07, 6.45) is 5.92. The summed E-state index contributed by atoms with van der Waals surface area (Å²) in [5, 5.41) is 3.44. The lowest BCUT2D eigenvalue weighted by Gasteiger charge is -2.45. The molecule has 2 aromatic carbocycles. The number of aromatic amines is 1. The zero-order chi connectivity index (χ0) is 19.4. The van der Waals surface area contributed by atoms with E-state index in [0.717, 1.165) is 37.1 Å². The van der Waals surface area contributed by atoms with Crippen LogP contribution in [0.4, 0.5) is 0 Å². The molecule has 2 atom stereocenters. The Morgan fingerprint density at radius 2 is 1.93 bits per heavy atom. The second-order valence-corrected chi connectivity index (χ2v) is 9.93.